The Bertz CT molecular complexity index is 385. The monoisotopic (exact) mass is 210 g/mol. The molecule has 0 aliphatic rings. The average Bonchev–Trinajstić information content (AvgIpc) is 2.66. The quantitative estimate of drug-likeness (QED) is 0.625. The third kappa shape index (κ3) is 3.22. The molecule has 1 rings (SSSR count). The van der Waals surface area contributed by atoms with Gasteiger partial charge in [0.15, 0.2) is 5.69 Å². The first-order chi connectivity index (χ1) is 7.13. The third-order valence-electron chi connectivity index (χ3n) is 1.58. The van der Waals surface area contributed by atoms with Crippen molar-refractivity contribution < 1.29 is 14.7 Å². The predicted molar refractivity (Wildman–Crippen MR) is 50.2 cm³/mol. The molecule has 0 fully saturated rings. The first-order valence-corrected chi connectivity index (χ1v) is 4.17. The van der Waals surface area contributed by atoms with E-state index in [2.05, 4.69) is 22.2 Å². The summed E-state index contributed by atoms with van der Waals surface area (Å²) in [6.07, 6.45) is 2.45. The van der Waals surface area contributed by atoms with E-state index < -0.39 is 5.97 Å². The van der Waals surface area contributed by atoms with Gasteiger partial charge in [-0.3, -0.25) is 4.79 Å². The molecule has 0 aliphatic heterocycles. The minimum absolute atomic E-state index is 0.120. The van der Waals surface area contributed by atoms with E-state index >= 15 is 0 Å². The number of amides is 1. The molecule has 1 amide bonds. The van der Waals surface area contributed by atoms with E-state index in [9.17, 15) is 9.59 Å². The molecular weight excluding hydrogens is 200 g/mol. The fraction of sp³-hybridized carbons (Fsp3) is 0.250. The summed E-state index contributed by atoms with van der Waals surface area (Å²) in [7, 11) is 0. The van der Waals surface area contributed by atoms with Gasteiger partial charge in [0.1, 0.15) is 0 Å². The molecule has 2 N–H and O–H groups in total. The number of nitrogens with one attached hydrogen (secondary N) is 1. The number of hydrogen-bond acceptors (Lipinski definition) is 4. The van der Waals surface area contributed by atoms with Crippen molar-refractivity contribution in [1.82, 2.24) is 20.3 Å². The second-order valence-corrected chi connectivity index (χ2v) is 2.67. The number of aromatic nitrogens is 3. The first kappa shape index (κ1) is 10.9. The molecule has 0 radical (unpaired) electrons. The Morgan fingerprint density at radius 3 is 2.93 bits per heavy atom. The average molecular weight is 210 g/mol. The van der Waals surface area contributed by atoms with E-state index in [0.29, 0.717) is 13.1 Å². The van der Waals surface area contributed by atoms with Crippen LogP contribution < -0.4 is 5.32 Å². The molecule has 0 unspecified atom stereocenters. The number of rotatable bonds is 5. The lowest BCUT2D eigenvalue weighted by molar-refractivity contribution is -0.116. The van der Waals surface area contributed by atoms with Gasteiger partial charge in [-0.2, -0.15) is 0 Å². The summed E-state index contributed by atoms with van der Waals surface area (Å²) in [5, 5.41) is 18.1. The number of carboxylic acids is 1. The van der Waals surface area contributed by atoms with E-state index in [0.717, 1.165) is 6.08 Å². The SMILES string of the molecule is C=CC(=O)NCCn1cc(C(=O)O)nn1. The zero-order valence-corrected chi connectivity index (χ0v) is 7.88. The van der Waals surface area contributed by atoms with E-state index in [4.69, 9.17) is 5.11 Å². The Kier molecular flexibility index (Phi) is 3.55. The molecule has 0 bridgehead atoms. The van der Waals surface area contributed by atoms with Crippen LogP contribution in [0.3, 0.4) is 0 Å². The molecule has 0 aliphatic carbocycles. The van der Waals surface area contributed by atoms with Gasteiger partial charge in [0.05, 0.1) is 12.7 Å². The number of nitrogens with zero attached hydrogens (tertiary/aromatic N) is 3. The Morgan fingerprint density at radius 2 is 2.40 bits per heavy atom. The van der Waals surface area contributed by atoms with Gasteiger partial charge < -0.3 is 10.4 Å². The summed E-state index contributed by atoms with van der Waals surface area (Å²) < 4.78 is 1.34. The van der Waals surface area contributed by atoms with Crippen molar-refractivity contribution in [2.24, 2.45) is 0 Å². The van der Waals surface area contributed by atoms with E-state index in [1.165, 1.54) is 10.9 Å². The van der Waals surface area contributed by atoms with Gasteiger partial charge in [-0.1, -0.05) is 11.8 Å². The molecular formula is C8H10N4O3. The number of aromatic carboxylic acids is 1. The Balaban J connectivity index is 2.41. The smallest absolute Gasteiger partial charge is 0.358 e. The molecule has 0 saturated carbocycles. The van der Waals surface area contributed by atoms with Crippen molar-refractivity contribution in [3.8, 4) is 0 Å². The van der Waals surface area contributed by atoms with Gasteiger partial charge in [0.25, 0.3) is 0 Å². The fourth-order valence-electron chi connectivity index (χ4n) is 0.872. The Hall–Kier alpha value is -2.18. The minimum Gasteiger partial charge on any atom is -0.476 e. The number of carbonyl (C=O) groups is 2. The minimum atomic E-state index is -1.13. The van der Waals surface area contributed by atoms with Crippen molar-refractivity contribution in [2.75, 3.05) is 6.54 Å². The van der Waals surface area contributed by atoms with Crippen LogP contribution in [0.2, 0.25) is 0 Å². The zero-order valence-electron chi connectivity index (χ0n) is 7.88. The molecule has 0 saturated heterocycles. The molecule has 7 heteroatoms. The highest BCUT2D eigenvalue weighted by atomic mass is 16.4. The molecule has 0 spiro atoms. The third-order valence-corrected chi connectivity index (χ3v) is 1.58. The molecule has 80 valence electrons. The molecule has 0 atom stereocenters. The molecule has 7 nitrogen and oxygen atoms in total. The summed E-state index contributed by atoms with van der Waals surface area (Å²) >= 11 is 0. The highest BCUT2D eigenvalue weighted by molar-refractivity contribution is 5.86. The van der Waals surface area contributed by atoms with Crippen LogP contribution in [0, 0.1) is 0 Å². The number of carbonyl (C=O) groups excluding carboxylic acids is 1. The van der Waals surface area contributed by atoms with Crippen molar-refractivity contribution in [2.45, 2.75) is 6.54 Å². The number of carboxylic acid groups (broad SMARTS) is 1. The van der Waals surface area contributed by atoms with Crippen LogP contribution in [-0.4, -0.2) is 38.5 Å². The molecule has 1 aromatic heterocycles. The van der Waals surface area contributed by atoms with Crippen LogP contribution in [-0.2, 0) is 11.3 Å². The lowest BCUT2D eigenvalue weighted by Crippen LogP contribution is -2.25. The van der Waals surface area contributed by atoms with Crippen LogP contribution in [0.15, 0.2) is 18.9 Å². The second kappa shape index (κ2) is 4.89. The van der Waals surface area contributed by atoms with Crippen molar-refractivity contribution in [3.05, 3.63) is 24.5 Å². The molecule has 15 heavy (non-hydrogen) atoms. The topological polar surface area (TPSA) is 97.1 Å². The lowest BCUT2D eigenvalue weighted by Gasteiger charge is -2.00. The number of hydrogen-bond donors (Lipinski definition) is 2. The maximum atomic E-state index is 10.7. The zero-order chi connectivity index (χ0) is 11.3. The van der Waals surface area contributed by atoms with Crippen molar-refractivity contribution in [1.29, 1.82) is 0 Å². The summed E-state index contributed by atoms with van der Waals surface area (Å²) in [4.78, 5) is 21.2. The maximum absolute atomic E-state index is 10.7. The Morgan fingerprint density at radius 1 is 1.67 bits per heavy atom. The Labute approximate surface area is 85.4 Å². The molecule has 1 aromatic rings. The van der Waals surface area contributed by atoms with E-state index in [1.807, 2.05) is 0 Å². The van der Waals surface area contributed by atoms with Gasteiger partial charge in [0.2, 0.25) is 5.91 Å². The predicted octanol–water partition coefficient (Wildman–Crippen LogP) is -0.722. The van der Waals surface area contributed by atoms with Crippen LogP contribution in [0.4, 0.5) is 0 Å². The second-order valence-electron chi connectivity index (χ2n) is 2.67. The largest absolute Gasteiger partial charge is 0.476 e. The van der Waals surface area contributed by atoms with Crippen molar-refractivity contribution in [3.63, 3.8) is 0 Å². The maximum Gasteiger partial charge on any atom is 0.358 e. The van der Waals surface area contributed by atoms with Crippen LogP contribution in [0.1, 0.15) is 10.5 Å². The highest BCUT2D eigenvalue weighted by Gasteiger charge is 2.07. The van der Waals surface area contributed by atoms with Gasteiger partial charge >= 0.3 is 5.97 Å². The highest BCUT2D eigenvalue weighted by Crippen LogP contribution is 1.91. The summed E-state index contributed by atoms with van der Waals surface area (Å²) in [6, 6.07) is 0. The van der Waals surface area contributed by atoms with Crippen LogP contribution >= 0.6 is 0 Å². The van der Waals surface area contributed by atoms with Gasteiger partial charge in [-0.05, 0) is 6.08 Å². The normalized spacial score (nSPS) is 9.60. The summed E-state index contributed by atoms with van der Waals surface area (Å²) in [5.74, 6) is -1.41. The van der Waals surface area contributed by atoms with Gasteiger partial charge in [-0.15, -0.1) is 5.10 Å². The van der Waals surface area contributed by atoms with Gasteiger partial charge in [-0.25, -0.2) is 9.48 Å². The summed E-state index contributed by atoms with van der Waals surface area (Å²) in [6.45, 7) is 3.99. The standard InChI is InChI=1S/C8H10N4O3/c1-2-7(13)9-3-4-12-5-6(8(14)15)10-11-12/h2,5H,1,3-4H2,(H,9,13)(H,14,15). The summed E-state index contributed by atoms with van der Waals surface area (Å²) in [5.41, 5.74) is -0.120. The van der Waals surface area contributed by atoms with Gasteiger partial charge in [0, 0.05) is 6.54 Å². The van der Waals surface area contributed by atoms with Crippen LogP contribution in [0.25, 0.3) is 0 Å². The van der Waals surface area contributed by atoms with E-state index in [-0.39, 0.29) is 11.6 Å². The van der Waals surface area contributed by atoms with Crippen molar-refractivity contribution >= 4 is 11.9 Å². The van der Waals surface area contributed by atoms with Crippen LogP contribution in [0.5, 0.6) is 0 Å². The lowest BCUT2D eigenvalue weighted by atomic mass is 10.5. The fourth-order valence-corrected chi connectivity index (χ4v) is 0.872. The first-order valence-electron chi connectivity index (χ1n) is 4.17. The van der Waals surface area contributed by atoms with E-state index in [1.54, 1.807) is 0 Å². The molecule has 0 aromatic carbocycles. The molecule has 1 heterocycles.